The number of rotatable bonds is 4. The Morgan fingerprint density at radius 2 is 1.95 bits per heavy atom. The Hall–Kier alpha value is -0.850. The molecule has 0 aliphatic heterocycles. The van der Waals surface area contributed by atoms with Gasteiger partial charge in [-0.15, -0.1) is 0 Å². The van der Waals surface area contributed by atoms with Crippen molar-refractivity contribution in [2.75, 3.05) is 6.61 Å². The van der Waals surface area contributed by atoms with Crippen molar-refractivity contribution in [1.29, 1.82) is 0 Å². The third kappa shape index (κ3) is 3.81. The maximum absolute atomic E-state index is 11.8. The average Bonchev–Trinajstić information content (AvgIpc) is 2.41. The Balaban J connectivity index is 1.98. The summed E-state index contributed by atoms with van der Waals surface area (Å²) in [4.78, 5) is 15.7. The molecule has 0 fully saturated rings. The first-order valence-corrected chi connectivity index (χ1v) is 7.33. The van der Waals surface area contributed by atoms with Gasteiger partial charge in [0.2, 0.25) is 0 Å². The molecule has 0 radical (unpaired) electrons. The highest BCUT2D eigenvalue weighted by atomic mass is 79.9. The molecule has 1 aromatic heterocycles. The lowest BCUT2D eigenvalue weighted by Crippen LogP contribution is -2.24. The Morgan fingerprint density at radius 3 is 2.63 bits per heavy atom. The fraction of sp³-hybridized carbons (Fsp3) is 0.167. The Labute approximate surface area is 131 Å². The third-order valence-electron chi connectivity index (χ3n) is 2.35. The van der Waals surface area contributed by atoms with Crippen molar-refractivity contribution in [2.24, 2.45) is 0 Å². The molecule has 7 heteroatoms. The molecule has 0 unspecified atom stereocenters. The van der Waals surface area contributed by atoms with Crippen LogP contribution in [0.15, 0.2) is 44.3 Å². The fourth-order valence-corrected chi connectivity index (χ4v) is 2.11. The summed E-state index contributed by atoms with van der Waals surface area (Å²) in [6.45, 7) is 0.773. The normalized spacial score (nSPS) is 10.5. The van der Waals surface area contributed by atoms with Crippen molar-refractivity contribution in [3.05, 3.63) is 55.0 Å². The van der Waals surface area contributed by atoms with Gasteiger partial charge in [0.15, 0.2) is 5.15 Å². The van der Waals surface area contributed by atoms with E-state index in [0.717, 1.165) is 10.2 Å². The van der Waals surface area contributed by atoms with Gasteiger partial charge in [0.25, 0.3) is 5.56 Å². The van der Waals surface area contributed by atoms with E-state index in [2.05, 4.69) is 36.8 Å². The van der Waals surface area contributed by atoms with Crippen molar-refractivity contribution in [2.45, 2.75) is 6.54 Å². The minimum Gasteiger partial charge on any atom is -0.492 e. The van der Waals surface area contributed by atoms with Crippen LogP contribution < -0.4 is 10.3 Å². The zero-order chi connectivity index (χ0) is 13.8. The summed E-state index contributed by atoms with van der Waals surface area (Å²) in [5.41, 5.74) is -0.223. The molecule has 4 nitrogen and oxygen atoms in total. The van der Waals surface area contributed by atoms with E-state index in [1.54, 1.807) is 0 Å². The van der Waals surface area contributed by atoms with Gasteiger partial charge in [-0.2, -0.15) is 0 Å². The second-order valence-electron chi connectivity index (χ2n) is 3.65. The standard InChI is InChI=1S/C12H9Br2ClN2O2/c13-8-1-3-9(4-2-8)19-6-5-17-7-16-11(15)10(14)12(17)18/h1-4,7H,5-6H2. The van der Waals surface area contributed by atoms with Crippen molar-refractivity contribution in [3.63, 3.8) is 0 Å². The lowest BCUT2D eigenvalue weighted by Gasteiger charge is -2.08. The largest absolute Gasteiger partial charge is 0.492 e. The van der Waals surface area contributed by atoms with Crippen LogP contribution in [-0.2, 0) is 6.54 Å². The minimum absolute atomic E-state index is 0.162. The van der Waals surface area contributed by atoms with E-state index in [1.165, 1.54) is 10.9 Å². The summed E-state index contributed by atoms with van der Waals surface area (Å²) < 4.78 is 8.22. The van der Waals surface area contributed by atoms with Gasteiger partial charge < -0.3 is 4.74 Å². The highest BCUT2D eigenvalue weighted by Crippen LogP contribution is 2.16. The smallest absolute Gasteiger partial charge is 0.269 e. The van der Waals surface area contributed by atoms with Crippen LogP contribution in [0.3, 0.4) is 0 Å². The summed E-state index contributed by atoms with van der Waals surface area (Å²) in [5.74, 6) is 0.747. The maximum Gasteiger partial charge on any atom is 0.269 e. The molecular weight excluding hydrogens is 399 g/mol. The Kier molecular flexibility index (Phi) is 5.01. The van der Waals surface area contributed by atoms with Gasteiger partial charge in [-0.1, -0.05) is 27.5 Å². The molecule has 0 saturated heterocycles. The molecular formula is C12H9Br2ClN2O2. The van der Waals surface area contributed by atoms with Crippen molar-refractivity contribution >= 4 is 43.5 Å². The van der Waals surface area contributed by atoms with Gasteiger partial charge in [0.1, 0.15) is 16.8 Å². The van der Waals surface area contributed by atoms with Crippen molar-refractivity contribution in [1.82, 2.24) is 9.55 Å². The van der Waals surface area contributed by atoms with Crippen LogP contribution in [0.25, 0.3) is 0 Å². The monoisotopic (exact) mass is 406 g/mol. The molecule has 2 aromatic rings. The zero-order valence-corrected chi connectivity index (χ0v) is 13.6. The number of hydrogen-bond donors (Lipinski definition) is 0. The maximum atomic E-state index is 11.8. The van der Waals surface area contributed by atoms with Crippen molar-refractivity contribution in [3.8, 4) is 5.75 Å². The van der Waals surface area contributed by atoms with Crippen LogP contribution in [0.1, 0.15) is 0 Å². The second kappa shape index (κ2) is 6.54. The van der Waals surface area contributed by atoms with Gasteiger partial charge in [0.05, 0.1) is 12.9 Å². The van der Waals surface area contributed by atoms with E-state index in [-0.39, 0.29) is 15.2 Å². The molecule has 100 valence electrons. The van der Waals surface area contributed by atoms with Gasteiger partial charge in [-0.25, -0.2) is 4.98 Å². The molecule has 2 rings (SSSR count). The quantitative estimate of drug-likeness (QED) is 0.728. The third-order valence-corrected chi connectivity index (χ3v) is 4.11. The number of nitrogens with zero attached hydrogens (tertiary/aromatic N) is 2. The van der Waals surface area contributed by atoms with Crippen LogP contribution in [0.5, 0.6) is 5.75 Å². The summed E-state index contributed by atoms with van der Waals surface area (Å²) in [7, 11) is 0. The summed E-state index contributed by atoms with van der Waals surface area (Å²) >= 11 is 12.2. The molecule has 0 N–H and O–H groups in total. The van der Waals surface area contributed by atoms with Gasteiger partial charge >= 0.3 is 0 Å². The fourth-order valence-electron chi connectivity index (χ4n) is 1.40. The minimum atomic E-state index is -0.223. The molecule has 19 heavy (non-hydrogen) atoms. The van der Waals surface area contributed by atoms with Crippen LogP contribution >= 0.6 is 43.5 Å². The predicted molar refractivity (Wildman–Crippen MR) is 80.8 cm³/mol. The zero-order valence-electron chi connectivity index (χ0n) is 9.65. The first-order chi connectivity index (χ1) is 9.08. The molecule has 1 aromatic carbocycles. The Morgan fingerprint density at radius 1 is 1.26 bits per heavy atom. The molecule has 0 atom stereocenters. The first-order valence-electron chi connectivity index (χ1n) is 5.37. The summed E-state index contributed by atoms with van der Waals surface area (Å²) in [5, 5.41) is 0.162. The van der Waals surface area contributed by atoms with E-state index in [0.29, 0.717) is 13.2 Å². The summed E-state index contributed by atoms with van der Waals surface area (Å²) in [6.07, 6.45) is 1.40. The van der Waals surface area contributed by atoms with Crippen molar-refractivity contribution < 1.29 is 4.74 Å². The Bertz CT molecular complexity index is 629. The topological polar surface area (TPSA) is 44.1 Å². The van der Waals surface area contributed by atoms with E-state index < -0.39 is 0 Å². The highest BCUT2D eigenvalue weighted by Gasteiger charge is 2.06. The SMILES string of the molecule is O=c1c(Br)c(Cl)ncn1CCOc1ccc(Br)cc1. The second-order valence-corrected chi connectivity index (χ2v) is 5.72. The van der Waals surface area contributed by atoms with Gasteiger partial charge in [-0.3, -0.25) is 9.36 Å². The molecule has 0 spiro atoms. The average molecular weight is 408 g/mol. The molecule has 0 bridgehead atoms. The van der Waals surface area contributed by atoms with Crippen LogP contribution in [-0.4, -0.2) is 16.2 Å². The van der Waals surface area contributed by atoms with Crippen LogP contribution in [0, 0.1) is 0 Å². The lowest BCUT2D eigenvalue weighted by atomic mass is 10.3. The van der Waals surface area contributed by atoms with Gasteiger partial charge in [-0.05, 0) is 40.2 Å². The number of hydrogen-bond acceptors (Lipinski definition) is 3. The van der Waals surface area contributed by atoms with Crippen LogP contribution in [0.2, 0.25) is 5.15 Å². The van der Waals surface area contributed by atoms with Gasteiger partial charge in [0, 0.05) is 4.47 Å². The van der Waals surface area contributed by atoms with E-state index >= 15 is 0 Å². The van der Waals surface area contributed by atoms with E-state index in [9.17, 15) is 4.79 Å². The molecule has 0 aliphatic carbocycles. The highest BCUT2D eigenvalue weighted by molar-refractivity contribution is 9.10. The first kappa shape index (κ1) is 14.6. The molecule has 0 aliphatic rings. The number of aromatic nitrogens is 2. The number of halogens is 3. The molecule has 1 heterocycles. The number of benzene rings is 1. The summed E-state index contributed by atoms with van der Waals surface area (Å²) in [6, 6.07) is 7.48. The number of ether oxygens (including phenoxy) is 1. The molecule has 0 saturated carbocycles. The molecule has 0 amide bonds. The van der Waals surface area contributed by atoms with Crippen LogP contribution in [0.4, 0.5) is 0 Å². The lowest BCUT2D eigenvalue weighted by molar-refractivity contribution is 0.295. The predicted octanol–water partition coefficient (Wildman–Crippen LogP) is 3.50. The van der Waals surface area contributed by atoms with E-state index in [1.807, 2.05) is 24.3 Å². The van der Waals surface area contributed by atoms with E-state index in [4.69, 9.17) is 16.3 Å².